The molecule has 0 spiro atoms. The Hall–Kier alpha value is -2.38. The number of carboxylic acids is 1. The fourth-order valence-corrected chi connectivity index (χ4v) is 3.80. The van der Waals surface area contributed by atoms with Crippen LogP contribution in [-0.4, -0.2) is 30.8 Å². The average molecular weight is 358 g/mol. The number of thioether (sulfide) groups is 1. The third-order valence-corrected chi connectivity index (χ3v) is 5.02. The van der Waals surface area contributed by atoms with Crippen LogP contribution in [0.25, 0.3) is 6.08 Å². The number of carbonyl (C=O) groups excluding carboxylic acids is 1. The van der Waals surface area contributed by atoms with Crippen molar-refractivity contribution in [3.05, 3.63) is 64.8 Å². The number of hydrogen-bond acceptors (Lipinski definition) is 4. The number of aliphatic carboxylic acids is 1. The van der Waals surface area contributed by atoms with Crippen LogP contribution in [-0.2, 0) is 16.6 Å². The SMILES string of the molecule is Cn1cccc1C=C1SC(=S)N(C(C(=O)O)c2ccccc2)C1=O. The molecule has 1 N–H and O–H groups in total. The van der Waals surface area contributed by atoms with Crippen molar-refractivity contribution in [1.29, 1.82) is 0 Å². The van der Waals surface area contributed by atoms with E-state index in [2.05, 4.69) is 0 Å². The van der Waals surface area contributed by atoms with Gasteiger partial charge in [0.15, 0.2) is 6.04 Å². The Morgan fingerprint density at radius 1 is 1.25 bits per heavy atom. The van der Waals surface area contributed by atoms with Crippen LogP contribution in [0.5, 0.6) is 0 Å². The molecule has 1 unspecified atom stereocenters. The minimum absolute atomic E-state index is 0.247. The van der Waals surface area contributed by atoms with Crippen LogP contribution in [0.4, 0.5) is 0 Å². The van der Waals surface area contributed by atoms with Crippen molar-refractivity contribution in [3.63, 3.8) is 0 Å². The van der Waals surface area contributed by atoms with Gasteiger partial charge in [0.1, 0.15) is 4.32 Å². The van der Waals surface area contributed by atoms with Gasteiger partial charge >= 0.3 is 5.97 Å². The molecule has 122 valence electrons. The lowest BCUT2D eigenvalue weighted by atomic mass is 10.1. The van der Waals surface area contributed by atoms with Crippen molar-refractivity contribution in [2.24, 2.45) is 7.05 Å². The number of nitrogens with zero attached hydrogens (tertiary/aromatic N) is 2. The highest BCUT2D eigenvalue weighted by molar-refractivity contribution is 8.26. The number of rotatable bonds is 4. The first-order valence-electron chi connectivity index (χ1n) is 7.15. The van der Waals surface area contributed by atoms with Crippen molar-refractivity contribution in [2.45, 2.75) is 6.04 Å². The largest absolute Gasteiger partial charge is 0.479 e. The molecule has 0 bridgehead atoms. The normalized spacial score (nSPS) is 17.5. The summed E-state index contributed by atoms with van der Waals surface area (Å²) >= 11 is 6.40. The Morgan fingerprint density at radius 3 is 2.54 bits per heavy atom. The number of amides is 1. The van der Waals surface area contributed by atoms with E-state index in [4.69, 9.17) is 12.2 Å². The van der Waals surface area contributed by atoms with E-state index in [0.717, 1.165) is 17.5 Å². The molecular weight excluding hydrogens is 344 g/mol. The zero-order chi connectivity index (χ0) is 17.3. The summed E-state index contributed by atoms with van der Waals surface area (Å²) in [4.78, 5) is 26.1. The first kappa shape index (κ1) is 16.5. The Bertz CT molecular complexity index is 843. The van der Waals surface area contributed by atoms with Crippen molar-refractivity contribution in [3.8, 4) is 0 Å². The second-order valence-corrected chi connectivity index (χ2v) is 6.92. The van der Waals surface area contributed by atoms with E-state index < -0.39 is 12.0 Å². The molecule has 5 nitrogen and oxygen atoms in total. The summed E-state index contributed by atoms with van der Waals surface area (Å²) in [5, 5.41) is 9.62. The Balaban J connectivity index is 1.98. The zero-order valence-corrected chi connectivity index (χ0v) is 14.4. The molecule has 0 saturated carbocycles. The predicted molar refractivity (Wildman–Crippen MR) is 97.2 cm³/mol. The van der Waals surface area contributed by atoms with E-state index in [1.54, 1.807) is 36.4 Å². The number of thiocarbonyl (C=S) groups is 1. The fourth-order valence-electron chi connectivity index (χ4n) is 2.50. The second kappa shape index (κ2) is 6.62. The summed E-state index contributed by atoms with van der Waals surface area (Å²) in [6.07, 6.45) is 3.60. The van der Waals surface area contributed by atoms with Crippen LogP contribution >= 0.6 is 24.0 Å². The summed E-state index contributed by atoms with van der Waals surface area (Å²) in [5.74, 6) is -1.50. The van der Waals surface area contributed by atoms with Gasteiger partial charge in [0.25, 0.3) is 5.91 Å². The third kappa shape index (κ3) is 3.00. The molecule has 1 aromatic heterocycles. The van der Waals surface area contributed by atoms with Crippen molar-refractivity contribution >= 4 is 46.3 Å². The van der Waals surface area contributed by atoms with E-state index in [-0.39, 0.29) is 10.2 Å². The molecule has 0 radical (unpaired) electrons. The van der Waals surface area contributed by atoms with Crippen LogP contribution in [0.2, 0.25) is 0 Å². The maximum atomic E-state index is 12.7. The molecular formula is C17H14N2O3S2. The molecule has 1 aliphatic heterocycles. The van der Waals surface area contributed by atoms with Crippen LogP contribution < -0.4 is 0 Å². The zero-order valence-electron chi connectivity index (χ0n) is 12.7. The molecule has 2 heterocycles. The number of benzene rings is 1. The standard InChI is InChI=1S/C17H14N2O3S2/c1-18-9-5-8-12(18)10-13-15(20)19(17(23)24-13)14(16(21)22)11-6-3-2-4-7-11/h2-10,14H,1H3,(H,21,22). The second-order valence-electron chi connectivity index (χ2n) is 5.25. The van der Waals surface area contributed by atoms with E-state index >= 15 is 0 Å². The highest BCUT2D eigenvalue weighted by atomic mass is 32.2. The summed E-state index contributed by atoms with van der Waals surface area (Å²) < 4.78 is 2.12. The molecule has 3 rings (SSSR count). The van der Waals surface area contributed by atoms with Gasteiger partial charge in [-0.2, -0.15) is 0 Å². The van der Waals surface area contributed by atoms with E-state index in [0.29, 0.717) is 10.5 Å². The predicted octanol–water partition coefficient (Wildman–Crippen LogP) is 3.05. The lowest BCUT2D eigenvalue weighted by molar-refractivity contribution is -0.145. The molecule has 1 aromatic carbocycles. The first-order valence-corrected chi connectivity index (χ1v) is 8.37. The molecule has 1 saturated heterocycles. The summed E-state index contributed by atoms with van der Waals surface area (Å²) in [6, 6.07) is 11.2. The van der Waals surface area contributed by atoms with Crippen molar-refractivity contribution in [1.82, 2.24) is 9.47 Å². The Labute approximate surface area is 148 Å². The molecule has 24 heavy (non-hydrogen) atoms. The van der Waals surface area contributed by atoms with Gasteiger partial charge in [0.05, 0.1) is 4.91 Å². The number of hydrogen-bond donors (Lipinski definition) is 1. The topological polar surface area (TPSA) is 62.5 Å². The summed E-state index contributed by atoms with van der Waals surface area (Å²) in [7, 11) is 1.87. The number of carboxylic acid groups (broad SMARTS) is 1. The minimum atomic E-state index is -1.13. The lowest BCUT2D eigenvalue weighted by Crippen LogP contribution is -2.37. The van der Waals surface area contributed by atoms with Gasteiger partial charge in [0, 0.05) is 18.9 Å². The van der Waals surface area contributed by atoms with Crippen LogP contribution in [0.15, 0.2) is 53.6 Å². The van der Waals surface area contributed by atoms with Gasteiger partial charge in [-0.15, -0.1) is 0 Å². The van der Waals surface area contributed by atoms with Gasteiger partial charge in [-0.1, -0.05) is 54.3 Å². The molecule has 1 atom stereocenters. The Kier molecular flexibility index (Phi) is 4.55. The van der Waals surface area contributed by atoms with Gasteiger partial charge in [0.2, 0.25) is 0 Å². The number of aryl methyl sites for hydroxylation is 1. The highest BCUT2D eigenvalue weighted by Gasteiger charge is 2.41. The molecule has 0 aliphatic carbocycles. The molecule has 2 aromatic rings. The molecule has 1 amide bonds. The highest BCUT2D eigenvalue weighted by Crippen LogP contribution is 2.38. The monoisotopic (exact) mass is 358 g/mol. The molecule has 7 heteroatoms. The summed E-state index contributed by atoms with van der Waals surface area (Å²) in [6.45, 7) is 0. The summed E-state index contributed by atoms with van der Waals surface area (Å²) in [5.41, 5.74) is 1.36. The first-order chi connectivity index (χ1) is 11.5. The van der Waals surface area contributed by atoms with Gasteiger partial charge in [-0.05, 0) is 23.8 Å². The minimum Gasteiger partial charge on any atom is -0.479 e. The van der Waals surface area contributed by atoms with Crippen LogP contribution in [0.1, 0.15) is 17.3 Å². The van der Waals surface area contributed by atoms with Crippen molar-refractivity contribution < 1.29 is 14.7 Å². The van der Waals surface area contributed by atoms with E-state index in [9.17, 15) is 14.7 Å². The quantitative estimate of drug-likeness (QED) is 0.672. The third-order valence-electron chi connectivity index (χ3n) is 3.69. The maximum Gasteiger partial charge on any atom is 0.331 e. The van der Waals surface area contributed by atoms with Crippen molar-refractivity contribution in [2.75, 3.05) is 0 Å². The van der Waals surface area contributed by atoms with Crippen LogP contribution in [0, 0.1) is 0 Å². The fraction of sp³-hybridized carbons (Fsp3) is 0.118. The maximum absolute atomic E-state index is 12.7. The number of carbonyl (C=O) groups is 2. The van der Waals surface area contributed by atoms with Crippen LogP contribution in [0.3, 0.4) is 0 Å². The molecule has 1 aliphatic rings. The van der Waals surface area contributed by atoms with Gasteiger partial charge < -0.3 is 9.67 Å². The average Bonchev–Trinajstić information content (AvgIpc) is 3.07. The van der Waals surface area contributed by atoms with Gasteiger partial charge in [-0.25, -0.2) is 4.79 Å². The van der Waals surface area contributed by atoms with E-state index in [1.807, 2.05) is 29.9 Å². The Morgan fingerprint density at radius 2 is 1.96 bits per heavy atom. The van der Waals surface area contributed by atoms with E-state index in [1.165, 1.54) is 4.90 Å². The van der Waals surface area contributed by atoms with Gasteiger partial charge in [-0.3, -0.25) is 9.69 Å². The molecule has 1 fully saturated rings. The smallest absolute Gasteiger partial charge is 0.331 e. The number of aromatic nitrogens is 1. The lowest BCUT2D eigenvalue weighted by Gasteiger charge is -2.23.